The summed E-state index contributed by atoms with van der Waals surface area (Å²) in [5.41, 5.74) is 19.9. The van der Waals surface area contributed by atoms with Crippen LogP contribution in [0.1, 0.15) is 49.8 Å². The van der Waals surface area contributed by atoms with E-state index >= 15 is 0 Å². The molecule has 2 N–H and O–H groups in total. The van der Waals surface area contributed by atoms with Crippen LogP contribution >= 0.6 is 0 Å². The van der Waals surface area contributed by atoms with E-state index in [2.05, 4.69) is 188 Å². The van der Waals surface area contributed by atoms with E-state index in [0.29, 0.717) is 5.96 Å². The topological polar surface area (TPSA) is 61.4 Å². The third-order valence-corrected chi connectivity index (χ3v) is 12.7. The standard InChI is InChI=1S/C57H46N4O/c1-36(37-13-11-14-40(33-37)43-18-12-19-47-46-17-7-10-22-54(46)62-55(43)47)31-32-59-56(58)61-51-21-9-6-16-45(51)49-35-39(24-30-53(49)61)38-23-29-52-48(34-38)44-15-5-8-20-50(44)60(52)42-27-25-41(26-28-42)57(2,3)4/h5-23,25-35,39H,1,24H2,2-4H3,(H2,58,59)/b32-31-. The summed E-state index contributed by atoms with van der Waals surface area (Å²) in [6.07, 6.45) is 9.27. The van der Waals surface area contributed by atoms with Gasteiger partial charge in [0.1, 0.15) is 11.2 Å². The monoisotopic (exact) mass is 802 g/mol. The summed E-state index contributed by atoms with van der Waals surface area (Å²) >= 11 is 0. The number of nitrogens with two attached hydrogens (primary N) is 1. The van der Waals surface area contributed by atoms with Crippen molar-refractivity contribution < 1.29 is 4.42 Å². The first-order valence-corrected chi connectivity index (χ1v) is 21.4. The van der Waals surface area contributed by atoms with E-state index in [1.807, 2.05) is 24.3 Å². The second-order valence-corrected chi connectivity index (χ2v) is 17.5. The summed E-state index contributed by atoms with van der Waals surface area (Å²) in [6, 6.07) is 56.2. The SMILES string of the molecule is C=C(/C=C\N=C(/N)n1c2c(c3ccccc31)=CC(c1ccc3c(c1)c1ccccc1n3-c1ccc(C(C)(C)C)cc1)CC=2)c1cccc(-c2cccc3c2oc2ccccc23)c1. The van der Waals surface area contributed by atoms with Gasteiger partial charge in [-0.2, -0.15) is 0 Å². The normalized spacial score (nSPS) is 14.6. The van der Waals surface area contributed by atoms with Gasteiger partial charge < -0.3 is 14.7 Å². The molecule has 0 spiro atoms. The quantitative estimate of drug-likeness (QED) is 0.103. The molecule has 0 fully saturated rings. The summed E-state index contributed by atoms with van der Waals surface area (Å²) in [5, 5.41) is 8.15. The van der Waals surface area contributed by atoms with Gasteiger partial charge in [-0.15, -0.1) is 0 Å². The predicted molar refractivity (Wildman–Crippen MR) is 261 cm³/mol. The average Bonchev–Trinajstić information content (AvgIpc) is 3.96. The lowest BCUT2D eigenvalue weighted by Crippen LogP contribution is -2.38. The summed E-state index contributed by atoms with van der Waals surface area (Å²) in [7, 11) is 0. The average molecular weight is 803 g/mol. The van der Waals surface area contributed by atoms with Gasteiger partial charge >= 0.3 is 0 Å². The van der Waals surface area contributed by atoms with Gasteiger partial charge in [-0.1, -0.05) is 149 Å². The van der Waals surface area contributed by atoms with E-state index in [1.54, 1.807) is 6.20 Å². The van der Waals surface area contributed by atoms with Crippen LogP contribution in [0.2, 0.25) is 0 Å². The van der Waals surface area contributed by atoms with E-state index in [-0.39, 0.29) is 11.3 Å². The second-order valence-electron chi connectivity index (χ2n) is 17.5. The first-order chi connectivity index (χ1) is 30.2. The van der Waals surface area contributed by atoms with Gasteiger partial charge in [0, 0.05) is 55.5 Å². The number of rotatable bonds is 6. The van der Waals surface area contributed by atoms with Gasteiger partial charge in [-0.25, -0.2) is 4.99 Å². The zero-order valence-electron chi connectivity index (χ0n) is 35.1. The van der Waals surface area contributed by atoms with Crippen LogP contribution in [-0.2, 0) is 5.41 Å². The fourth-order valence-electron chi connectivity index (χ4n) is 9.48. The van der Waals surface area contributed by atoms with E-state index in [4.69, 9.17) is 15.1 Å². The molecule has 1 unspecified atom stereocenters. The lowest BCUT2D eigenvalue weighted by Gasteiger charge is -2.19. The van der Waals surface area contributed by atoms with Crippen molar-refractivity contribution in [3.05, 3.63) is 204 Å². The molecule has 0 radical (unpaired) electrons. The van der Waals surface area contributed by atoms with Crippen molar-refractivity contribution in [2.45, 2.75) is 38.5 Å². The highest BCUT2D eigenvalue weighted by Gasteiger charge is 2.20. The fourth-order valence-corrected chi connectivity index (χ4v) is 9.48. The van der Waals surface area contributed by atoms with Gasteiger partial charge in [0.25, 0.3) is 0 Å². The highest BCUT2D eigenvalue weighted by Crippen LogP contribution is 2.38. The second kappa shape index (κ2) is 14.5. The Bertz CT molecular complexity index is 3620. The van der Waals surface area contributed by atoms with E-state index in [9.17, 15) is 0 Å². The Labute approximate surface area is 360 Å². The van der Waals surface area contributed by atoms with Crippen LogP contribution in [0.4, 0.5) is 0 Å². The van der Waals surface area contributed by atoms with Crippen LogP contribution in [-0.4, -0.2) is 15.1 Å². The molecule has 1 atom stereocenters. The molecule has 10 aromatic rings. The van der Waals surface area contributed by atoms with Gasteiger partial charge in [0.05, 0.1) is 21.9 Å². The summed E-state index contributed by atoms with van der Waals surface area (Å²) < 4.78 is 10.8. The van der Waals surface area contributed by atoms with Crippen molar-refractivity contribution in [2.75, 3.05) is 0 Å². The van der Waals surface area contributed by atoms with E-state index in [0.717, 1.165) is 66.9 Å². The Kier molecular flexibility index (Phi) is 8.76. The van der Waals surface area contributed by atoms with Crippen LogP contribution in [0.3, 0.4) is 0 Å². The number of furan rings is 1. The van der Waals surface area contributed by atoms with E-state index < -0.39 is 0 Å². The maximum atomic E-state index is 6.87. The number of para-hydroxylation sites is 4. The molecule has 0 bridgehead atoms. The Morgan fingerprint density at radius 3 is 2.24 bits per heavy atom. The van der Waals surface area contributed by atoms with Crippen molar-refractivity contribution in [3.8, 4) is 16.8 Å². The van der Waals surface area contributed by atoms with Crippen molar-refractivity contribution in [1.82, 2.24) is 9.13 Å². The number of aromatic nitrogens is 2. The minimum absolute atomic E-state index is 0.0998. The van der Waals surface area contributed by atoms with Crippen LogP contribution in [0.5, 0.6) is 0 Å². The third kappa shape index (κ3) is 6.19. The molecule has 3 aromatic heterocycles. The highest BCUT2D eigenvalue weighted by atomic mass is 16.3. The lowest BCUT2D eigenvalue weighted by molar-refractivity contribution is 0.590. The smallest absolute Gasteiger partial charge is 0.205 e. The molecule has 1 aliphatic carbocycles. The van der Waals surface area contributed by atoms with Crippen molar-refractivity contribution in [2.24, 2.45) is 10.7 Å². The maximum absolute atomic E-state index is 6.87. The van der Waals surface area contributed by atoms with E-state index in [1.165, 1.54) is 43.8 Å². The fraction of sp³-hybridized carbons (Fsp3) is 0.105. The molecular formula is C57H46N4O. The minimum atomic E-state index is 0.0998. The summed E-state index contributed by atoms with van der Waals surface area (Å²) in [4.78, 5) is 4.79. The third-order valence-electron chi connectivity index (χ3n) is 12.7. The predicted octanol–water partition coefficient (Wildman–Crippen LogP) is 12.7. The zero-order chi connectivity index (χ0) is 42.1. The van der Waals surface area contributed by atoms with Crippen molar-refractivity contribution in [3.63, 3.8) is 0 Å². The number of fused-ring (bicyclic) bond motifs is 9. The minimum Gasteiger partial charge on any atom is -0.455 e. The summed E-state index contributed by atoms with van der Waals surface area (Å²) in [5.74, 6) is 0.611. The lowest BCUT2D eigenvalue weighted by atomic mass is 9.87. The van der Waals surface area contributed by atoms with Crippen LogP contribution in [0, 0.1) is 0 Å². The number of benzene rings is 7. The van der Waals surface area contributed by atoms with Crippen LogP contribution < -0.4 is 16.3 Å². The molecule has 300 valence electrons. The van der Waals surface area contributed by atoms with Crippen LogP contribution in [0.25, 0.3) is 89.2 Å². The number of hydrogen-bond acceptors (Lipinski definition) is 2. The van der Waals surface area contributed by atoms with Crippen molar-refractivity contribution in [1.29, 1.82) is 0 Å². The highest BCUT2D eigenvalue weighted by molar-refractivity contribution is 6.10. The van der Waals surface area contributed by atoms with Gasteiger partial charge in [0.15, 0.2) is 0 Å². The van der Waals surface area contributed by atoms with Gasteiger partial charge in [-0.05, 0) is 94.3 Å². The molecule has 3 heterocycles. The molecule has 11 rings (SSSR count). The molecule has 0 amide bonds. The molecule has 62 heavy (non-hydrogen) atoms. The first-order valence-electron chi connectivity index (χ1n) is 21.4. The van der Waals surface area contributed by atoms with Crippen molar-refractivity contribution >= 4 is 78.3 Å². The summed E-state index contributed by atoms with van der Waals surface area (Å²) in [6.45, 7) is 11.2. The molecule has 0 saturated carbocycles. The molecule has 5 nitrogen and oxygen atoms in total. The Morgan fingerprint density at radius 2 is 1.42 bits per heavy atom. The first kappa shape index (κ1) is 37.4. The van der Waals surface area contributed by atoms with Gasteiger partial charge in [0.2, 0.25) is 5.96 Å². The number of hydrogen-bond donors (Lipinski definition) is 1. The molecule has 7 aromatic carbocycles. The molecule has 0 saturated heterocycles. The molecule has 5 heteroatoms. The molecule has 1 aliphatic rings. The number of nitrogens with zero attached hydrogens (tertiary/aromatic N) is 3. The Morgan fingerprint density at radius 1 is 0.710 bits per heavy atom. The Hall–Kier alpha value is -7.63. The molecule has 0 aliphatic heterocycles. The Balaban J connectivity index is 0.906. The number of allylic oxidation sites excluding steroid dienone is 2. The van der Waals surface area contributed by atoms with Gasteiger partial charge in [-0.3, -0.25) is 4.57 Å². The molecular weight excluding hydrogens is 757 g/mol. The van der Waals surface area contributed by atoms with Crippen LogP contribution in [0.15, 0.2) is 186 Å². The zero-order valence-corrected chi connectivity index (χ0v) is 35.1. The maximum Gasteiger partial charge on any atom is 0.205 e. The largest absolute Gasteiger partial charge is 0.455 e. The number of aliphatic imine (C=N–C) groups is 1.